The molecule has 0 bridgehead atoms. The molecule has 1 aliphatic rings. The molecule has 0 atom stereocenters. The van der Waals surface area contributed by atoms with Crippen molar-refractivity contribution in [3.8, 4) is 22.8 Å². The van der Waals surface area contributed by atoms with E-state index >= 15 is 0 Å². The van der Waals surface area contributed by atoms with Gasteiger partial charge in [0.15, 0.2) is 11.5 Å². The number of halogens is 2. The maximum Gasteiger partial charge on any atom is 0.231 e. The lowest BCUT2D eigenvalue weighted by Gasteiger charge is -2.10. The number of nitrogens with zero attached hydrogens (tertiary/aromatic N) is 2. The van der Waals surface area contributed by atoms with Gasteiger partial charge in [0.25, 0.3) is 0 Å². The van der Waals surface area contributed by atoms with Gasteiger partial charge in [0.1, 0.15) is 0 Å². The molecule has 0 saturated heterocycles. The van der Waals surface area contributed by atoms with E-state index in [0.29, 0.717) is 23.1 Å². The Morgan fingerprint density at radius 2 is 1.92 bits per heavy atom. The topological polar surface area (TPSA) is 62.3 Å². The first-order chi connectivity index (χ1) is 12.2. The third kappa shape index (κ3) is 3.06. The maximum absolute atomic E-state index is 6.32. The van der Waals surface area contributed by atoms with Crippen LogP contribution in [0.4, 0.5) is 0 Å². The number of benzene rings is 2. The molecule has 0 radical (unpaired) electrons. The van der Waals surface area contributed by atoms with Gasteiger partial charge in [-0.2, -0.15) is 0 Å². The molecule has 1 aromatic heterocycles. The fourth-order valence-corrected chi connectivity index (χ4v) is 3.40. The zero-order chi connectivity index (χ0) is 17.4. The highest BCUT2D eigenvalue weighted by Crippen LogP contribution is 2.34. The number of nitrogens with two attached hydrogens (primary N) is 1. The van der Waals surface area contributed by atoms with Crippen molar-refractivity contribution in [3.05, 3.63) is 64.0 Å². The van der Waals surface area contributed by atoms with E-state index in [9.17, 15) is 0 Å². The summed E-state index contributed by atoms with van der Waals surface area (Å²) in [7, 11) is 0. The fourth-order valence-electron chi connectivity index (χ4n) is 2.90. The minimum Gasteiger partial charge on any atom is -0.454 e. The largest absolute Gasteiger partial charge is 0.454 e. The van der Waals surface area contributed by atoms with E-state index < -0.39 is 0 Å². The summed E-state index contributed by atoms with van der Waals surface area (Å²) >= 11 is 12.3. The van der Waals surface area contributed by atoms with Crippen molar-refractivity contribution >= 4 is 23.2 Å². The summed E-state index contributed by atoms with van der Waals surface area (Å²) in [6.07, 6.45) is 1.77. The van der Waals surface area contributed by atoms with Crippen LogP contribution < -0.4 is 15.2 Å². The molecule has 0 fully saturated rings. The Morgan fingerprint density at radius 1 is 1.08 bits per heavy atom. The molecular formula is C18H15Cl2N3O2. The fraction of sp³-hybridized carbons (Fsp3) is 0.167. The summed E-state index contributed by atoms with van der Waals surface area (Å²) in [6.45, 7) is 1.23. The van der Waals surface area contributed by atoms with Crippen LogP contribution in [0.5, 0.6) is 11.5 Å². The molecule has 5 nitrogen and oxygen atoms in total. The van der Waals surface area contributed by atoms with Gasteiger partial charge >= 0.3 is 0 Å². The molecule has 25 heavy (non-hydrogen) atoms. The quantitative estimate of drug-likeness (QED) is 0.745. The Kier molecular flexibility index (Phi) is 4.29. The Bertz CT molecular complexity index is 940. The predicted octanol–water partition coefficient (Wildman–Crippen LogP) is 4.09. The number of imidazole rings is 1. The van der Waals surface area contributed by atoms with Crippen molar-refractivity contribution in [1.82, 2.24) is 9.55 Å². The second kappa shape index (κ2) is 6.59. The molecular weight excluding hydrogens is 361 g/mol. The van der Waals surface area contributed by atoms with Gasteiger partial charge in [0, 0.05) is 23.7 Å². The third-order valence-corrected chi connectivity index (χ3v) is 4.66. The minimum absolute atomic E-state index is 0.261. The van der Waals surface area contributed by atoms with Crippen LogP contribution in [0.3, 0.4) is 0 Å². The SMILES string of the molecule is NCc1c(-c2ccc(Cl)cc2Cl)ncn1Cc1ccc2c(c1)OCO2. The molecule has 7 heteroatoms. The van der Waals surface area contributed by atoms with Crippen LogP contribution in [-0.4, -0.2) is 16.3 Å². The monoisotopic (exact) mass is 375 g/mol. The molecule has 0 amide bonds. The van der Waals surface area contributed by atoms with Gasteiger partial charge in [-0.15, -0.1) is 0 Å². The Balaban J connectivity index is 1.68. The molecule has 1 aliphatic heterocycles. The second-order valence-electron chi connectivity index (χ2n) is 5.68. The van der Waals surface area contributed by atoms with Crippen LogP contribution in [0.15, 0.2) is 42.7 Å². The van der Waals surface area contributed by atoms with Crippen molar-refractivity contribution in [1.29, 1.82) is 0 Å². The first kappa shape index (κ1) is 16.3. The average Bonchev–Trinajstić information content (AvgIpc) is 3.21. The van der Waals surface area contributed by atoms with Crippen molar-refractivity contribution in [2.45, 2.75) is 13.1 Å². The number of hydrogen-bond donors (Lipinski definition) is 1. The summed E-state index contributed by atoms with van der Waals surface area (Å²) in [5, 5.41) is 1.14. The van der Waals surface area contributed by atoms with Gasteiger partial charge in [-0.05, 0) is 35.9 Å². The van der Waals surface area contributed by atoms with Gasteiger partial charge in [0.2, 0.25) is 6.79 Å². The van der Waals surface area contributed by atoms with Crippen LogP contribution in [-0.2, 0) is 13.1 Å². The maximum atomic E-state index is 6.32. The number of aromatic nitrogens is 2. The predicted molar refractivity (Wildman–Crippen MR) is 97.2 cm³/mol. The molecule has 128 valence electrons. The lowest BCUT2D eigenvalue weighted by molar-refractivity contribution is 0.174. The highest BCUT2D eigenvalue weighted by atomic mass is 35.5. The van der Waals surface area contributed by atoms with Crippen LogP contribution in [0.25, 0.3) is 11.3 Å². The molecule has 0 unspecified atom stereocenters. The lowest BCUT2D eigenvalue weighted by atomic mass is 10.1. The van der Waals surface area contributed by atoms with E-state index in [1.54, 1.807) is 18.5 Å². The normalized spacial score (nSPS) is 12.6. The van der Waals surface area contributed by atoms with Gasteiger partial charge in [-0.3, -0.25) is 0 Å². The molecule has 2 aromatic carbocycles. The zero-order valence-corrected chi connectivity index (χ0v) is 14.7. The van der Waals surface area contributed by atoms with E-state index in [2.05, 4.69) is 4.98 Å². The summed E-state index contributed by atoms with van der Waals surface area (Å²) < 4.78 is 12.8. The highest BCUT2D eigenvalue weighted by Gasteiger charge is 2.17. The van der Waals surface area contributed by atoms with Gasteiger partial charge in [-0.25, -0.2) is 4.98 Å². The first-order valence-electron chi connectivity index (χ1n) is 7.73. The standard InChI is InChI=1S/C18H15Cl2N3O2/c19-12-2-3-13(14(20)6-12)18-15(7-21)23(9-22-18)8-11-1-4-16-17(5-11)25-10-24-16/h1-6,9H,7-8,10,21H2. The molecule has 0 aliphatic carbocycles. The third-order valence-electron chi connectivity index (χ3n) is 4.12. The highest BCUT2D eigenvalue weighted by molar-refractivity contribution is 6.36. The molecule has 0 saturated carbocycles. The summed E-state index contributed by atoms with van der Waals surface area (Å²) in [6, 6.07) is 11.2. The van der Waals surface area contributed by atoms with E-state index in [4.69, 9.17) is 38.4 Å². The van der Waals surface area contributed by atoms with E-state index in [1.807, 2.05) is 28.8 Å². The average molecular weight is 376 g/mol. The summed E-state index contributed by atoms with van der Waals surface area (Å²) in [4.78, 5) is 4.52. The Labute approximate surface area is 154 Å². The van der Waals surface area contributed by atoms with Crippen LogP contribution in [0.1, 0.15) is 11.3 Å². The van der Waals surface area contributed by atoms with Crippen LogP contribution in [0, 0.1) is 0 Å². The number of rotatable bonds is 4. The second-order valence-corrected chi connectivity index (χ2v) is 6.53. The van der Waals surface area contributed by atoms with Crippen molar-refractivity contribution in [2.24, 2.45) is 5.73 Å². The number of ether oxygens (including phenoxy) is 2. The Hall–Kier alpha value is -2.21. The molecule has 4 rings (SSSR count). The zero-order valence-electron chi connectivity index (χ0n) is 13.2. The number of hydrogen-bond acceptors (Lipinski definition) is 4. The molecule has 2 N–H and O–H groups in total. The van der Waals surface area contributed by atoms with Gasteiger partial charge < -0.3 is 19.8 Å². The smallest absolute Gasteiger partial charge is 0.231 e. The number of fused-ring (bicyclic) bond motifs is 1. The van der Waals surface area contributed by atoms with Crippen molar-refractivity contribution < 1.29 is 9.47 Å². The van der Waals surface area contributed by atoms with E-state index in [-0.39, 0.29) is 6.79 Å². The molecule has 3 aromatic rings. The van der Waals surface area contributed by atoms with Gasteiger partial charge in [0.05, 0.1) is 22.7 Å². The molecule has 0 spiro atoms. The molecule has 2 heterocycles. The van der Waals surface area contributed by atoms with Crippen molar-refractivity contribution in [2.75, 3.05) is 6.79 Å². The summed E-state index contributed by atoms with van der Waals surface area (Å²) in [5.41, 5.74) is 9.55. The summed E-state index contributed by atoms with van der Waals surface area (Å²) in [5.74, 6) is 1.52. The Morgan fingerprint density at radius 3 is 2.72 bits per heavy atom. The van der Waals surface area contributed by atoms with Crippen LogP contribution >= 0.6 is 23.2 Å². The lowest BCUT2D eigenvalue weighted by Crippen LogP contribution is -2.08. The minimum atomic E-state index is 0.261. The van der Waals surface area contributed by atoms with Gasteiger partial charge in [-0.1, -0.05) is 29.3 Å². The van der Waals surface area contributed by atoms with Crippen LogP contribution in [0.2, 0.25) is 10.0 Å². The van der Waals surface area contributed by atoms with E-state index in [1.165, 1.54) is 0 Å². The van der Waals surface area contributed by atoms with E-state index in [0.717, 1.165) is 34.0 Å². The first-order valence-corrected chi connectivity index (χ1v) is 8.49. The van der Waals surface area contributed by atoms with Crippen molar-refractivity contribution in [3.63, 3.8) is 0 Å².